The summed E-state index contributed by atoms with van der Waals surface area (Å²) >= 11 is 7.17. The first-order valence-corrected chi connectivity index (χ1v) is 11.1. The molecule has 0 bridgehead atoms. The molecule has 3 aliphatic rings. The van der Waals surface area contributed by atoms with Crippen molar-refractivity contribution in [2.75, 3.05) is 45.9 Å². The van der Waals surface area contributed by atoms with Crippen LogP contribution in [0.1, 0.15) is 37.4 Å². The molecule has 1 atom stereocenters. The zero-order valence-electron chi connectivity index (χ0n) is 15.4. The van der Waals surface area contributed by atoms with Gasteiger partial charge in [-0.25, -0.2) is 0 Å². The lowest BCUT2D eigenvalue weighted by molar-refractivity contribution is -0.921. The van der Waals surface area contributed by atoms with Gasteiger partial charge < -0.3 is 44.5 Å². The number of fused-ring (bicyclic) bond motifs is 1. The van der Waals surface area contributed by atoms with E-state index in [0.717, 1.165) is 33.3 Å². The first-order valence-electron chi connectivity index (χ1n) is 9.54. The summed E-state index contributed by atoms with van der Waals surface area (Å²) in [4.78, 5) is 3.28. The van der Waals surface area contributed by atoms with Crippen LogP contribution < -0.4 is 39.4 Å². The number of benzene rings is 1. The van der Waals surface area contributed by atoms with Gasteiger partial charge in [0.05, 0.1) is 43.7 Å². The third-order valence-electron chi connectivity index (χ3n) is 6.24. The lowest BCUT2D eigenvalue weighted by Gasteiger charge is -2.43. The Hall–Kier alpha value is 0.440. The van der Waals surface area contributed by atoms with Crippen molar-refractivity contribution in [3.8, 4) is 5.75 Å². The smallest absolute Gasteiger partial charge is 0.139 e. The fourth-order valence-corrected chi connectivity index (χ4v) is 6.39. The minimum atomic E-state index is -0.466. The predicted molar refractivity (Wildman–Crippen MR) is 104 cm³/mol. The van der Waals surface area contributed by atoms with Crippen molar-refractivity contribution in [3.05, 3.63) is 26.6 Å². The van der Waals surface area contributed by atoms with Gasteiger partial charge in [-0.2, -0.15) is 0 Å². The molecule has 0 amide bonds. The largest absolute Gasteiger partial charge is 1.00 e. The average molecular weight is 547 g/mol. The Morgan fingerprint density at radius 2 is 1.48 bits per heavy atom. The van der Waals surface area contributed by atoms with Crippen LogP contribution in [-0.2, 0) is 0 Å². The molecule has 4 rings (SSSR count). The van der Waals surface area contributed by atoms with E-state index in [1.807, 2.05) is 12.1 Å². The fourth-order valence-electron chi connectivity index (χ4n) is 5.02. The number of hydrogen-bond acceptors (Lipinski definition) is 2. The highest BCUT2D eigenvalue weighted by atomic mass is 79.9. The van der Waals surface area contributed by atoms with Crippen LogP contribution >= 0.6 is 31.9 Å². The van der Waals surface area contributed by atoms with E-state index >= 15 is 0 Å². The molecule has 1 aromatic rings. The maximum atomic E-state index is 11.5. The van der Waals surface area contributed by atoms with E-state index in [1.165, 1.54) is 51.9 Å². The first-order chi connectivity index (χ1) is 12.1. The molecule has 1 aromatic carbocycles. The second-order valence-corrected chi connectivity index (χ2v) is 9.90. The van der Waals surface area contributed by atoms with Crippen LogP contribution in [0.5, 0.6) is 5.75 Å². The third-order valence-corrected chi connectivity index (χ3v) is 7.29. The Balaban J connectivity index is 0.00000131. The Bertz CT molecular complexity index is 620. The topological polar surface area (TPSA) is 38.3 Å². The quantitative estimate of drug-likeness (QED) is 0.354. The maximum absolute atomic E-state index is 11.5. The number of hydrogen-bond donors (Lipinski definition) is 3. The molecule has 3 N–H and O–H groups in total. The van der Waals surface area contributed by atoms with Crippen LogP contribution in [0.25, 0.3) is 0 Å². The van der Waals surface area contributed by atoms with Crippen molar-refractivity contribution in [1.82, 2.24) is 0 Å². The summed E-state index contributed by atoms with van der Waals surface area (Å²) in [6.45, 7) is 7.59. The van der Waals surface area contributed by atoms with E-state index in [-0.39, 0.29) is 30.2 Å². The third kappa shape index (κ3) is 4.96. The van der Waals surface area contributed by atoms with Gasteiger partial charge in [0.2, 0.25) is 0 Å². The molecular formula is C19H28Br2Cl2N2O2. The van der Waals surface area contributed by atoms with Crippen LogP contribution in [0.2, 0.25) is 0 Å². The molecule has 2 saturated heterocycles. The summed E-state index contributed by atoms with van der Waals surface area (Å²) in [5.41, 5.74) is 0.747. The molecule has 0 saturated carbocycles. The molecule has 0 aliphatic carbocycles. The van der Waals surface area contributed by atoms with Crippen LogP contribution in [0.3, 0.4) is 0 Å². The molecule has 27 heavy (non-hydrogen) atoms. The van der Waals surface area contributed by atoms with E-state index in [1.54, 1.807) is 9.80 Å². The van der Waals surface area contributed by atoms with Gasteiger partial charge in [-0.05, 0) is 28.1 Å². The van der Waals surface area contributed by atoms with Gasteiger partial charge in [-0.1, -0.05) is 15.9 Å². The number of aliphatic hydroxyl groups is 1. The van der Waals surface area contributed by atoms with Crippen molar-refractivity contribution in [2.45, 2.75) is 31.8 Å². The van der Waals surface area contributed by atoms with Crippen molar-refractivity contribution in [2.24, 2.45) is 5.41 Å². The summed E-state index contributed by atoms with van der Waals surface area (Å²) in [5, 5.41) is 11.5. The van der Waals surface area contributed by atoms with Crippen molar-refractivity contribution < 1.29 is 44.5 Å². The molecule has 3 aliphatic heterocycles. The van der Waals surface area contributed by atoms with E-state index in [2.05, 4.69) is 31.9 Å². The van der Waals surface area contributed by atoms with Crippen molar-refractivity contribution in [3.63, 3.8) is 0 Å². The van der Waals surface area contributed by atoms with Crippen molar-refractivity contribution in [1.29, 1.82) is 0 Å². The zero-order valence-corrected chi connectivity index (χ0v) is 20.1. The molecule has 4 nitrogen and oxygen atoms in total. The number of quaternary nitrogens is 2. The summed E-state index contributed by atoms with van der Waals surface area (Å²) in [6, 6.07) is 4.04. The maximum Gasteiger partial charge on any atom is 0.139 e. The van der Waals surface area contributed by atoms with Crippen LogP contribution in [0.15, 0.2) is 21.1 Å². The first kappa shape index (κ1) is 23.7. The fraction of sp³-hybridized carbons (Fsp3) is 0.684. The summed E-state index contributed by atoms with van der Waals surface area (Å²) in [6.07, 6.45) is 4.78. The molecule has 3 heterocycles. The van der Waals surface area contributed by atoms with Gasteiger partial charge in [-0.15, -0.1) is 0 Å². The SMILES string of the molecule is OC1c2cc(Br)cc(Br)c2OCC1(C[NH+]1CCCC1)C[NH+]1CCCC1.[Cl-].[Cl-]. The predicted octanol–water partition coefficient (Wildman–Crippen LogP) is -5.01. The molecule has 154 valence electrons. The highest BCUT2D eigenvalue weighted by Crippen LogP contribution is 2.46. The van der Waals surface area contributed by atoms with Gasteiger partial charge in [0.1, 0.15) is 23.9 Å². The van der Waals surface area contributed by atoms with E-state index < -0.39 is 6.10 Å². The molecule has 2 fully saturated rings. The Labute approximate surface area is 191 Å². The normalized spacial score (nSPS) is 24.6. The number of rotatable bonds is 4. The molecule has 0 spiro atoms. The van der Waals surface area contributed by atoms with Crippen LogP contribution in [0, 0.1) is 5.41 Å². The number of halogens is 4. The Morgan fingerprint density at radius 1 is 0.963 bits per heavy atom. The van der Waals surface area contributed by atoms with Gasteiger partial charge >= 0.3 is 0 Å². The molecule has 1 unspecified atom stereocenters. The lowest BCUT2D eigenvalue weighted by atomic mass is 9.76. The number of ether oxygens (including phenoxy) is 1. The summed E-state index contributed by atoms with van der Waals surface area (Å²) in [7, 11) is 0. The summed E-state index contributed by atoms with van der Waals surface area (Å²) in [5.74, 6) is 0.819. The van der Waals surface area contributed by atoms with Crippen LogP contribution in [0.4, 0.5) is 0 Å². The molecular weight excluding hydrogens is 519 g/mol. The monoisotopic (exact) mass is 544 g/mol. The van der Waals surface area contributed by atoms with Gasteiger partial charge in [0, 0.05) is 35.7 Å². The standard InChI is InChI=1S/C19H26Br2N2O2.2ClH/c20-14-9-15-17(16(21)10-14)25-13-19(18(15)24,11-22-5-1-2-6-22)12-23-7-3-4-8-23;;/h9-10,18,24H,1-8,11-13H2;2*1H. The van der Waals surface area contributed by atoms with Crippen molar-refractivity contribution >= 4 is 31.9 Å². The second-order valence-electron chi connectivity index (χ2n) is 8.13. The number of aliphatic hydroxyl groups excluding tert-OH is 1. The summed E-state index contributed by atoms with van der Waals surface area (Å²) < 4.78 is 8.17. The molecule has 0 aromatic heterocycles. The molecule has 8 heteroatoms. The molecule has 0 radical (unpaired) electrons. The number of likely N-dealkylation sites (tertiary alicyclic amines) is 2. The highest BCUT2D eigenvalue weighted by molar-refractivity contribution is 9.11. The van der Waals surface area contributed by atoms with Crippen LogP contribution in [-0.4, -0.2) is 51.0 Å². The van der Waals surface area contributed by atoms with Gasteiger partial charge in [0.25, 0.3) is 0 Å². The Morgan fingerprint density at radius 3 is 2.00 bits per heavy atom. The highest BCUT2D eigenvalue weighted by Gasteiger charge is 2.51. The zero-order chi connectivity index (χ0) is 17.4. The Kier molecular flexibility index (Phi) is 8.75. The number of nitrogens with one attached hydrogen (secondary N) is 2. The van der Waals surface area contributed by atoms with E-state index in [4.69, 9.17) is 4.74 Å². The van der Waals surface area contributed by atoms with Gasteiger partial charge in [0.15, 0.2) is 0 Å². The minimum absolute atomic E-state index is 0. The average Bonchev–Trinajstić information content (AvgIpc) is 3.25. The van der Waals surface area contributed by atoms with E-state index in [9.17, 15) is 5.11 Å². The van der Waals surface area contributed by atoms with Gasteiger partial charge in [-0.3, -0.25) is 0 Å². The second kappa shape index (κ2) is 9.96. The minimum Gasteiger partial charge on any atom is -1.00 e. The lowest BCUT2D eigenvalue weighted by Crippen LogP contribution is -3.16. The van der Waals surface area contributed by atoms with E-state index in [0.29, 0.717) is 6.61 Å².